The van der Waals surface area contributed by atoms with Crippen molar-refractivity contribution in [3.8, 4) is 0 Å². The van der Waals surface area contributed by atoms with E-state index in [-0.39, 0.29) is 5.92 Å². The Morgan fingerprint density at radius 3 is 2.81 bits per heavy atom. The van der Waals surface area contributed by atoms with Crippen LogP contribution in [0.2, 0.25) is 0 Å². The van der Waals surface area contributed by atoms with Gasteiger partial charge in [-0.15, -0.1) is 0 Å². The van der Waals surface area contributed by atoms with Crippen molar-refractivity contribution in [2.24, 2.45) is 11.7 Å². The highest BCUT2D eigenvalue weighted by atomic mass is 16.1. The van der Waals surface area contributed by atoms with Gasteiger partial charge >= 0.3 is 0 Å². The summed E-state index contributed by atoms with van der Waals surface area (Å²) in [4.78, 5) is 11.9. The van der Waals surface area contributed by atoms with Crippen molar-refractivity contribution in [2.75, 3.05) is 6.54 Å². The van der Waals surface area contributed by atoms with Gasteiger partial charge in [-0.2, -0.15) is 0 Å². The number of aryl methyl sites for hydroxylation is 1. The Labute approximate surface area is 97.9 Å². The van der Waals surface area contributed by atoms with E-state index >= 15 is 0 Å². The zero-order valence-corrected chi connectivity index (χ0v) is 10.2. The van der Waals surface area contributed by atoms with Crippen molar-refractivity contribution < 1.29 is 4.79 Å². The van der Waals surface area contributed by atoms with E-state index < -0.39 is 0 Å². The molecule has 0 saturated carbocycles. The smallest absolute Gasteiger partial charge is 0.140 e. The Morgan fingerprint density at radius 1 is 1.44 bits per heavy atom. The summed E-state index contributed by atoms with van der Waals surface area (Å²) in [5.74, 6) is 0.447. The molecule has 0 heterocycles. The molecule has 0 aliphatic heterocycles. The molecular formula is C14H21NO. The lowest BCUT2D eigenvalue weighted by atomic mass is 9.95. The number of rotatable bonds is 6. The fraction of sp³-hybridized carbons (Fsp3) is 0.500. The molecule has 0 aliphatic rings. The van der Waals surface area contributed by atoms with Gasteiger partial charge in [-0.3, -0.25) is 4.79 Å². The minimum atomic E-state index is 0.129. The van der Waals surface area contributed by atoms with Gasteiger partial charge < -0.3 is 5.73 Å². The monoisotopic (exact) mass is 219 g/mol. The number of benzene rings is 1. The van der Waals surface area contributed by atoms with E-state index in [1.807, 2.05) is 32.0 Å². The molecule has 0 spiro atoms. The zero-order chi connectivity index (χ0) is 12.0. The Kier molecular flexibility index (Phi) is 5.20. The zero-order valence-electron chi connectivity index (χ0n) is 10.2. The predicted octanol–water partition coefficient (Wildman–Crippen LogP) is 2.48. The lowest BCUT2D eigenvalue weighted by Gasteiger charge is -2.09. The van der Waals surface area contributed by atoms with Crippen molar-refractivity contribution in [2.45, 2.75) is 33.1 Å². The number of ketones is 1. The highest BCUT2D eigenvalue weighted by Crippen LogP contribution is 2.12. The fourth-order valence-electron chi connectivity index (χ4n) is 1.78. The molecule has 1 aromatic rings. The van der Waals surface area contributed by atoms with Gasteiger partial charge in [0, 0.05) is 12.3 Å². The summed E-state index contributed by atoms with van der Waals surface area (Å²) >= 11 is 0. The van der Waals surface area contributed by atoms with Crippen molar-refractivity contribution >= 4 is 5.78 Å². The van der Waals surface area contributed by atoms with Crippen LogP contribution in [0.4, 0.5) is 0 Å². The maximum atomic E-state index is 11.9. The topological polar surface area (TPSA) is 43.1 Å². The molecular weight excluding hydrogens is 198 g/mol. The normalized spacial score (nSPS) is 12.4. The maximum Gasteiger partial charge on any atom is 0.140 e. The van der Waals surface area contributed by atoms with Gasteiger partial charge in [0.15, 0.2) is 0 Å². The molecule has 16 heavy (non-hydrogen) atoms. The summed E-state index contributed by atoms with van der Waals surface area (Å²) in [5.41, 5.74) is 7.76. The number of Topliss-reactive ketones (excluding diaryl/α,β-unsaturated/α-hetero) is 1. The van der Waals surface area contributed by atoms with Gasteiger partial charge in [0.2, 0.25) is 0 Å². The number of carbonyl (C=O) groups is 1. The molecule has 1 rings (SSSR count). The Morgan fingerprint density at radius 2 is 2.19 bits per heavy atom. The minimum absolute atomic E-state index is 0.129. The fourth-order valence-corrected chi connectivity index (χ4v) is 1.78. The second kappa shape index (κ2) is 6.44. The summed E-state index contributed by atoms with van der Waals surface area (Å²) in [6.45, 7) is 4.71. The number of nitrogens with two attached hydrogens (primary N) is 1. The first-order valence-electron chi connectivity index (χ1n) is 5.92. The SMILES string of the molecule is Cc1cccc(CC(=O)C(C)CCCN)c1. The summed E-state index contributed by atoms with van der Waals surface area (Å²) < 4.78 is 0. The molecule has 2 heteroatoms. The van der Waals surface area contributed by atoms with Gasteiger partial charge in [-0.05, 0) is 31.9 Å². The molecule has 0 fully saturated rings. The Hall–Kier alpha value is -1.15. The molecule has 0 bridgehead atoms. The summed E-state index contributed by atoms with van der Waals surface area (Å²) in [6, 6.07) is 8.14. The first-order chi connectivity index (χ1) is 7.63. The molecule has 2 nitrogen and oxygen atoms in total. The first-order valence-corrected chi connectivity index (χ1v) is 5.92. The van der Waals surface area contributed by atoms with Crippen LogP contribution >= 0.6 is 0 Å². The largest absolute Gasteiger partial charge is 0.330 e. The van der Waals surface area contributed by atoms with Crippen molar-refractivity contribution in [3.63, 3.8) is 0 Å². The van der Waals surface area contributed by atoms with Gasteiger partial charge in [0.25, 0.3) is 0 Å². The van der Waals surface area contributed by atoms with E-state index in [4.69, 9.17) is 5.73 Å². The standard InChI is InChI=1S/C14H21NO/c1-11-5-3-7-13(9-11)10-14(16)12(2)6-4-8-15/h3,5,7,9,12H,4,6,8,10,15H2,1-2H3. The van der Waals surface area contributed by atoms with E-state index in [9.17, 15) is 4.79 Å². The third kappa shape index (κ3) is 4.15. The van der Waals surface area contributed by atoms with Crippen molar-refractivity contribution in [3.05, 3.63) is 35.4 Å². The van der Waals surface area contributed by atoms with Gasteiger partial charge in [-0.1, -0.05) is 36.8 Å². The molecule has 0 amide bonds. The maximum absolute atomic E-state index is 11.9. The van der Waals surface area contributed by atoms with Crippen molar-refractivity contribution in [1.29, 1.82) is 0 Å². The van der Waals surface area contributed by atoms with Gasteiger partial charge in [0.05, 0.1) is 0 Å². The second-order valence-electron chi connectivity index (χ2n) is 4.46. The van der Waals surface area contributed by atoms with Crippen LogP contribution in [0.25, 0.3) is 0 Å². The Bertz CT molecular complexity index is 346. The van der Waals surface area contributed by atoms with E-state index in [0.717, 1.165) is 18.4 Å². The highest BCUT2D eigenvalue weighted by Gasteiger charge is 2.12. The Balaban J connectivity index is 2.50. The van der Waals surface area contributed by atoms with Crippen LogP contribution in [0.15, 0.2) is 24.3 Å². The van der Waals surface area contributed by atoms with Gasteiger partial charge in [-0.25, -0.2) is 0 Å². The molecule has 0 radical (unpaired) electrons. The minimum Gasteiger partial charge on any atom is -0.330 e. The summed E-state index contributed by atoms with van der Waals surface area (Å²) in [7, 11) is 0. The molecule has 1 atom stereocenters. The molecule has 1 unspecified atom stereocenters. The molecule has 2 N–H and O–H groups in total. The van der Waals surface area contributed by atoms with E-state index in [0.29, 0.717) is 18.7 Å². The predicted molar refractivity (Wildman–Crippen MR) is 67.3 cm³/mol. The van der Waals surface area contributed by atoms with E-state index in [2.05, 4.69) is 6.07 Å². The van der Waals surface area contributed by atoms with Crippen LogP contribution in [0, 0.1) is 12.8 Å². The number of carbonyl (C=O) groups excluding carboxylic acids is 1. The number of hydrogen-bond acceptors (Lipinski definition) is 2. The average molecular weight is 219 g/mol. The van der Waals surface area contributed by atoms with Crippen LogP contribution < -0.4 is 5.73 Å². The highest BCUT2D eigenvalue weighted by molar-refractivity contribution is 5.82. The van der Waals surface area contributed by atoms with Crippen LogP contribution in [-0.2, 0) is 11.2 Å². The number of hydrogen-bond donors (Lipinski definition) is 1. The third-order valence-corrected chi connectivity index (χ3v) is 2.85. The van der Waals surface area contributed by atoms with E-state index in [1.54, 1.807) is 0 Å². The summed E-state index contributed by atoms with van der Waals surface area (Å²) in [5, 5.41) is 0. The quantitative estimate of drug-likeness (QED) is 0.798. The van der Waals surface area contributed by atoms with Crippen LogP contribution in [0.1, 0.15) is 30.9 Å². The lowest BCUT2D eigenvalue weighted by molar-refractivity contribution is -0.121. The lowest BCUT2D eigenvalue weighted by Crippen LogP contribution is -2.15. The molecule has 0 aliphatic carbocycles. The molecule has 1 aromatic carbocycles. The van der Waals surface area contributed by atoms with Crippen LogP contribution in [-0.4, -0.2) is 12.3 Å². The van der Waals surface area contributed by atoms with Crippen molar-refractivity contribution in [1.82, 2.24) is 0 Å². The van der Waals surface area contributed by atoms with Crippen LogP contribution in [0.3, 0.4) is 0 Å². The van der Waals surface area contributed by atoms with Crippen LogP contribution in [0.5, 0.6) is 0 Å². The average Bonchev–Trinajstić information content (AvgIpc) is 2.25. The van der Waals surface area contributed by atoms with E-state index in [1.165, 1.54) is 5.56 Å². The molecule has 88 valence electrons. The molecule has 0 aromatic heterocycles. The summed E-state index contributed by atoms with van der Waals surface area (Å²) in [6.07, 6.45) is 2.38. The molecule has 0 saturated heterocycles. The first kappa shape index (κ1) is 12.9. The second-order valence-corrected chi connectivity index (χ2v) is 4.46. The van der Waals surface area contributed by atoms with Gasteiger partial charge in [0.1, 0.15) is 5.78 Å². The third-order valence-electron chi connectivity index (χ3n) is 2.85.